The Balaban J connectivity index is 1.55. The first kappa shape index (κ1) is 19.7. The number of likely N-dealkylation sites (tertiary alicyclic amines) is 2. The normalized spacial score (nSPS) is 25.8. The lowest BCUT2D eigenvalue weighted by molar-refractivity contribution is -0.143. The summed E-state index contributed by atoms with van der Waals surface area (Å²) in [7, 11) is 0. The first-order valence-corrected chi connectivity index (χ1v) is 9.90. The van der Waals surface area contributed by atoms with Gasteiger partial charge in [0.05, 0.1) is 5.92 Å². The second kappa shape index (κ2) is 8.30. The number of aliphatic carboxylic acids is 1. The molecule has 6 nitrogen and oxygen atoms in total. The lowest BCUT2D eigenvalue weighted by Crippen LogP contribution is -2.58. The zero-order chi connectivity index (χ0) is 19.4. The number of piperidine rings is 2. The Morgan fingerprint density at radius 2 is 1.93 bits per heavy atom. The second-order valence-corrected chi connectivity index (χ2v) is 8.60. The number of nitrogens with one attached hydrogen (secondary N) is 1. The molecule has 0 bridgehead atoms. The highest BCUT2D eigenvalue weighted by Gasteiger charge is 2.38. The van der Waals surface area contributed by atoms with Crippen molar-refractivity contribution in [3.63, 3.8) is 0 Å². The minimum absolute atomic E-state index is 0.0370. The Morgan fingerprint density at radius 3 is 2.59 bits per heavy atom. The smallest absolute Gasteiger partial charge is 0.317 e. The highest BCUT2D eigenvalue weighted by molar-refractivity contribution is 5.76. The number of carboxylic acid groups (broad SMARTS) is 1. The summed E-state index contributed by atoms with van der Waals surface area (Å²) in [6.45, 7) is 8.15. The Kier molecular flexibility index (Phi) is 6.05. The number of benzene rings is 1. The third-order valence-electron chi connectivity index (χ3n) is 5.91. The molecule has 6 heteroatoms. The summed E-state index contributed by atoms with van der Waals surface area (Å²) in [4.78, 5) is 28.1. The molecular weight excluding hydrogens is 342 g/mol. The molecule has 148 valence electrons. The van der Waals surface area contributed by atoms with Crippen LogP contribution in [0.15, 0.2) is 30.3 Å². The average molecular weight is 373 g/mol. The molecule has 2 atom stereocenters. The predicted molar refractivity (Wildman–Crippen MR) is 104 cm³/mol. The van der Waals surface area contributed by atoms with Crippen LogP contribution < -0.4 is 5.32 Å². The first-order chi connectivity index (χ1) is 12.8. The van der Waals surface area contributed by atoms with Gasteiger partial charge < -0.3 is 15.3 Å². The van der Waals surface area contributed by atoms with Gasteiger partial charge >= 0.3 is 12.0 Å². The van der Waals surface area contributed by atoms with Crippen LogP contribution in [0.1, 0.15) is 38.7 Å². The molecule has 0 spiro atoms. The number of hydrogen-bond acceptors (Lipinski definition) is 3. The molecule has 2 unspecified atom stereocenters. The molecule has 2 aliphatic heterocycles. The van der Waals surface area contributed by atoms with Crippen LogP contribution in [0, 0.1) is 11.3 Å². The molecule has 1 aromatic rings. The molecule has 0 aromatic heterocycles. The molecule has 2 heterocycles. The van der Waals surface area contributed by atoms with E-state index in [2.05, 4.69) is 48.3 Å². The maximum absolute atomic E-state index is 12.7. The molecule has 2 fully saturated rings. The third-order valence-corrected chi connectivity index (χ3v) is 5.91. The van der Waals surface area contributed by atoms with Crippen molar-refractivity contribution in [1.82, 2.24) is 15.1 Å². The van der Waals surface area contributed by atoms with Crippen molar-refractivity contribution in [2.24, 2.45) is 11.3 Å². The predicted octanol–water partition coefficient (Wildman–Crippen LogP) is 2.79. The zero-order valence-corrected chi connectivity index (χ0v) is 16.4. The van der Waals surface area contributed by atoms with Crippen LogP contribution in [0.5, 0.6) is 0 Å². The Morgan fingerprint density at radius 1 is 1.19 bits per heavy atom. The maximum atomic E-state index is 12.7. The van der Waals surface area contributed by atoms with Gasteiger partial charge in [-0.2, -0.15) is 0 Å². The summed E-state index contributed by atoms with van der Waals surface area (Å²) >= 11 is 0. The van der Waals surface area contributed by atoms with E-state index in [1.807, 2.05) is 6.07 Å². The van der Waals surface area contributed by atoms with Crippen molar-refractivity contribution in [2.45, 2.75) is 45.7 Å². The number of carbonyl (C=O) groups is 2. The molecule has 2 amide bonds. The van der Waals surface area contributed by atoms with E-state index >= 15 is 0 Å². The highest BCUT2D eigenvalue weighted by Crippen LogP contribution is 2.30. The summed E-state index contributed by atoms with van der Waals surface area (Å²) in [5, 5.41) is 12.4. The van der Waals surface area contributed by atoms with Gasteiger partial charge in [-0.05, 0) is 30.2 Å². The van der Waals surface area contributed by atoms with Gasteiger partial charge in [0.1, 0.15) is 0 Å². The minimum Gasteiger partial charge on any atom is -0.481 e. The quantitative estimate of drug-likeness (QED) is 0.851. The summed E-state index contributed by atoms with van der Waals surface area (Å²) in [5.74, 6) is -1.24. The van der Waals surface area contributed by atoms with Gasteiger partial charge in [0, 0.05) is 38.8 Å². The van der Waals surface area contributed by atoms with Crippen LogP contribution in [0.25, 0.3) is 0 Å². The topological polar surface area (TPSA) is 72.9 Å². The van der Waals surface area contributed by atoms with Crippen LogP contribution >= 0.6 is 0 Å². The van der Waals surface area contributed by atoms with Crippen molar-refractivity contribution in [3.05, 3.63) is 35.9 Å². The molecule has 0 aliphatic carbocycles. The van der Waals surface area contributed by atoms with E-state index in [1.165, 1.54) is 5.56 Å². The molecule has 0 saturated carbocycles. The number of hydrogen-bond donors (Lipinski definition) is 2. The molecule has 2 N–H and O–H groups in total. The van der Waals surface area contributed by atoms with Gasteiger partial charge in [0.2, 0.25) is 0 Å². The second-order valence-electron chi connectivity index (χ2n) is 8.60. The largest absolute Gasteiger partial charge is 0.481 e. The van der Waals surface area contributed by atoms with Gasteiger partial charge in [0.25, 0.3) is 0 Å². The van der Waals surface area contributed by atoms with Crippen LogP contribution in [0.3, 0.4) is 0 Å². The molecule has 2 aliphatic rings. The fraction of sp³-hybridized carbons (Fsp3) is 0.619. The Hall–Kier alpha value is -2.08. The van der Waals surface area contributed by atoms with Crippen molar-refractivity contribution >= 4 is 12.0 Å². The molecule has 27 heavy (non-hydrogen) atoms. The fourth-order valence-corrected chi connectivity index (χ4v) is 4.32. The monoisotopic (exact) mass is 373 g/mol. The number of rotatable bonds is 4. The third kappa shape index (κ3) is 5.01. The van der Waals surface area contributed by atoms with E-state index < -0.39 is 11.9 Å². The molecular formula is C21H31N3O3. The summed E-state index contributed by atoms with van der Waals surface area (Å²) in [6.07, 6.45) is 2.31. The van der Waals surface area contributed by atoms with Crippen LogP contribution in [0.4, 0.5) is 4.79 Å². The Labute approximate surface area is 161 Å². The number of amides is 2. The van der Waals surface area contributed by atoms with Crippen LogP contribution in [-0.2, 0) is 11.3 Å². The summed E-state index contributed by atoms with van der Waals surface area (Å²) in [5.41, 5.74) is 1.27. The molecule has 0 radical (unpaired) electrons. The molecule has 3 rings (SSSR count). The number of carboxylic acids is 1. The lowest BCUT2D eigenvalue weighted by Gasteiger charge is -2.45. The van der Waals surface area contributed by atoms with E-state index in [1.54, 1.807) is 4.90 Å². The van der Waals surface area contributed by atoms with Crippen LogP contribution in [0.2, 0.25) is 0 Å². The van der Waals surface area contributed by atoms with Crippen molar-refractivity contribution in [1.29, 1.82) is 0 Å². The van der Waals surface area contributed by atoms with Gasteiger partial charge in [-0.25, -0.2) is 4.79 Å². The van der Waals surface area contributed by atoms with Gasteiger partial charge in [0.15, 0.2) is 0 Å². The van der Waals surface area contributed by atoms with Crippen molar-refractivity contribution < 1.29 is 14.7 Å². The van der Waals surface area contributed by atoms with Crippen LogP contribution in [-0.4, -0.2) is 59.1 Å². The van der Waals surface area contributed by atoms with Gasteiger partial charge in [-0.3, -0.25) is 9.69 Å². The summed E-state index contributed by atoms with van der Waals surface area (Å²) < 4.78 is 0. The highest BCUT2D eigenvalue weighted by atomic mass is 16.4. The van der Waals surface area contributed by atoms with Gasteiger partial charge in [-0.1, -0.05) is 44.2 Å². The molecule has 2 saturated heterocycles. The van der Waals surface area contributed by atoms with Crippen molar-refractivity contribution in [3.8, 4) is 0 Å². The first-order valence-electron chi connectivity index (χ1n) is 9.90. The average Bonchev–Trinajstić information content (AvgIpc) is 2.64. The maximum Gasteiger partial charge on any atom is 0.317 e. The lowest BCUT2D eigenvalue weighted by atomic mass is 9.79. The molecule has 1 aromatic carbocycles. The van der Waals surface area contributed by atoms with Crippen molar-refractivity contribution in [2.75, 3.05) is 26.2 Å². The van der Waals surface area contributed by atoms with Gasteiger partial charge in [-0.15, -0.1) is 0 Å². The standard InChI is InChI=1S/C21H31N3O3/c1-21(2)15-23(13-16-7-4-3-5-8-16)12-10-18(21)22-20(27)24-11-6-9-17(14-24)19(25)26/h3-5,7-8,17-18H,6,9-15H2,1-2H3,(H,22,27)(H,25,26). The minimum atomic E-state index is -0.804. The van der Waals surface area contributed by atoms with E-state index in [4.69, 9.17) is 0 Å². The SMILES string of the molecule is CC1(C)CN(Cc2ccccc2)CCC1NC(=O)N1CCCC(C(=O)O)C1. The number of carbonyl (C=O) groups excluding carboxylic acids is 1. The zero-order valence-electron chi connectivity index (χ0n) is 16.4. The van der Waals surface area contributed by atoms with E-state index in [0.29, 0.717) is 19.5 Å². The number of nitrogens with zero attached hydrogens (tertiary/aromatic N) is 2. The fourth-order valence-electron chi connectivity index (χ4n) is 4.32. The number of urea groups is 1. The van der Waals surface area contributed by atoms with E-state index in [0.717, 1.165) is 32.5 Å². The van der Waals surface area contributed by atoms with E-state index in [-0.39, 0.29) is 17.5 Å². The summed E-state index contributed by atoms with van der Waals surface area (Å²) in [6, 6.07) is 10.4. The Bertz CT molecular complexity index is 662. The van der Waals surface area contributed by atoms with E-state index in [9.17, 15) is 14.7 Å².